The second-order valence-electron chi connectivity index (χ2n) is 3.05. The number of hydrogen-bond donors (Lipinski definition) is 1. The zero-order valence-corrected chi connectivity index (χ0v) is 8.78. The molecule has 2 N–H and O–H groups in total. The van der Waals surface area contributed by atoms with Crippen LogP contribution in [0.3, 0.4) is 0 Å². The molecule has 0 radical (unpaired) electrons. The van der Waals surface area contributed by atoms with E-state index in [0.29, 0.717) is 13.0 Å². The lowest BCUT2D eigenvalue weighted by molar-refractivity contribution is -0.118. The molecule has 0 saturated heterocycles. The zero-order valence-electron chi connectivity index (χ0n) is 7.96. The first-order valence-corrected chi connectivity index (χ1v) is 5.34. The number of aromatic nitrogens is 3. The number of thiazole rings is 1. The minimum Gasteiger partial charge on any atom is -0.370 e. The molecular formula is C9H10N4OS. The molecule has 0 saturated carbocycles. The third-order valence-electron chi connectivity index (χ3n) is 1.90. The van der Waals surface area contributed by atoms with Crippen molar-refractivity contribution >= 4 is 17.2 Å². The third-order valence-corrected chi connectivity index (χ3v) is 2.72. The Kier molecular flexibility index (Phi) is 2.77. The SMILES string of the molecule is NC(=O)CCn1cc(-c2nccs2)cn1. The van der Waals surface area contributed by atoms with Gasteiger partial charge in [-0.05, 0) is 0 Å². The van der Waals surface area contributed by atoms with Crippen molar-refractivity contribution in [1.29, 1.82) is 0 Å². The molecule has 2 heterocycles. The van der Waals surface area contributed by atoms with Gasteiger partial charge in [-0.1, -0.05) is 0 Å². The molecule has 2 aromatic heterocycles. The van der Waals surface area contributed by atoms with Crippen molar-refractivity contribution in [3.8, 4) is 10.6 Å². The first-order valence-electron chi connectivity index (χ1n) is 4.46. The Labute approximate surface area is 90.6 Å². The Morgan fingerprint density at radius 3 is 3.13 bits per heavy atom. The van der Waals surface area contributed by atoms with Gasteiger partial charge < -0.3 is 5.73 Å². The minimum atomic E-state index is -0.318. The van der Waals surface area contributed by atoms with Gasteiger partial charge in [0.25, 0.3) is 0 Å². The second-order valence-corrected chi connectivity index (χ2v) is 3.94. The fourth-order valence-electron chi connectivity index (χ4n) is 1.19. The molecule has 0 atom stereocenters. The van der Waals surface area contributed by atoms with Crippen molar-refractivity contribution in [2.45, 2.75) is 13.0 Å². The first kappa shape index (κ1) is 9.85. The molecule has 78 valence electrons. The summed E-state index contributed by atoms with van der Waals surface area (Å²) in [5.74, 6) is -0.318. The van der Waals surface area contributed by atoms with Crippen LogP contribution in [-0.4, -0.2) is 20.7 Å². The highest BCUT2D eigenvalue weighted by Gasteiger charge is 2.04. The van der Waals surface area contributed by atoms with Crippen LogP contribution in [0.4, 0.5) is 0 Å². The fraction of sp³-hybridized carbons (Fsp3) is 0.222. The molecule has 1 amide bonds. The van der Waals surface area contributed by atoms with Gasteiger partial charge in [-0.15, -0.1) is 11.3 Å². The lowest BCUT2D eigenvalue weighted by Crippen LogP contribution is -2.13. The molecule has 0 aliphatic rings. The third kappa shape index (κ3) is 2.41. The van der Waals surface area contributed by atoms with Crippen molar-refractivity contribution in [1.82, 2.24) is 14.8 Å². The van der Waals surface area contributed by atoms with Crippen LogP contribution < -0.4 is 5.73 Å². The van der Waals surface area contributed by atoms with Gasteiger partial charge in [-0.25, -0.2) is 4.98 Å². The van der Waals surface area contributed by atoms with E-state index in [2.05, 4.69) is 10.1 Å². The van der Waals surface area contributed by atoms with Gasteiger partial charge in [0, 0.05) is 36.3 Å². The van der Waals surface area contributed by atoms with E-state index in [9.17, 15) is 4.79 Å². The van der Waals surface area contributed by atoms with Gasteiger partial charge in [0.1, 0.15) is 5.01 Å². The van der Waals surface area contributed by atoms with E-state index in [4.69, 9.17) is 5.73 Å². The predicted molar refractivity (Wildman–Crippen MR) is 57.1 cm³/mol. The number of rotatable bonds is 4. The Balaban J connectivity index is 2.08. The number of primary amides is 1. The number of nitrogens with zero attached hydrogens (tertiary/aromatic N) is 3. The Bertz CT molecular complexity index is 448. The summed E-state index contributed by atoms with van der Waals surface area (Å²) in [5.41, 5.74) is 6.02. The summed E-state index contributed by atoms with van der Waals surface area (Å²) in [7, 11) is 0. The number of nitrogens with two attached hydrogens (primary N) is 1. The van der Waals surface area contributed by atoms with E-state index in [-0.39, 0.29) is 5.91 Å². The quantitative estimate of drug-likeness (QED) is 0.834. The van der Waals surface area contributed by atoms with Crippen LogP contribution in [0.5, 0.6) is 0 Å². The summed E-state index contributed by atoms with van der Waals surface area (Å²) in [6.45, 7) is 0.515. The zero-order chi connectivity index (χ0) is 10.7. The molecule has 6 heteroatoms. The molecule has 0 aliphatic heterocycles. The van der Waals surface area contributed by atoms with E-state index in [1.807, 2.05) is 11.6 Å². The van der Waals surface area contributed by atoms with Crippen LogP contribution in [0.15, 0.2) is 24.0 Å². The van der Waals surface area contributed by atoms with Crippen molar-refractivity contribution in [3.63, 3.8) is 0 Å². The van der Waals surface area contributed by atoms with E-state index in [0.717, 1.165) is 10.6 Å². The van der Waals surface area contributed by atoms with Crippen LogP contribution in [0.25, 0.3) is 10.6 Å². The van der Waals surface area contributed by atoms with Crippen LogP contribution >= 0.6 is 11.3 Å². The molecule has 0 bridgehead atoms. The van der Waals surface area contributed by atoms with E-state index >= 15 is 0 Å². The Morgan fingerprint density at radius 1 is 1.60 bits per heavy atom. The lowest BCUT2D eigenvalue weighted by Gasteiger charge is -1.96. The van der Waals surface area contributed by atoms with Gasteiger partial charge in [0.15, 0.2) is 0 Å². The number of aryl methyl sites for hydroxylation is 1. The van der Waals surface area contributed by atoms with Gasteiger partial charge in [-0.3, -0.25) is 9.48 Å². The highest BCUT2D eigenvalue weighted by molar-refractivity contribution is 7.13. The Morgan fingerprint density at radius 2 is 2.47 bits per heavy atom. The average molecular weight is 222 g/mol. The molecule has 2 rings (SSSR count). The molecule has 0 aromatic carbocycles. The van der Waals surface area contributed by atoms with Gasteiger partial charge in [0.05, 0.1) is 6.20 Å². The molecule has 0 unspecified atom stereocenters. The molecule has 5 nitrogen and oxygen atoms in total. The maximum absolute atomic E-state index is 10.6. The second kappa shape index (κ2) is 4.22. The molecule has 2 aromatic rings. The monoisotopic (exact) mass is 222 g/mol. The van der Waals surface area contributed by atoms with Crippen molar-refractivity contribution in [2.75, 3.05) is 0 Å². The summed E-state index contributed by atoms with van der Waals surface area (Å²) in [6.07, 6.45) is 5.65. The van der Waals surface area contributed by atoms with Crippen molar-refractivity contribution in [2.24, 2.45) is 5.73 Å². The first-order chi connectivity index (χ1) is 7.25. The maximum Gasteiger partial charge on any atom is 0.219 e. The van der Waals surface area contributed by atoms with Gasteiger partial charge in [0.2, 0.25) is 5.91 Å². The topological polar surface area (TPSA) is 73.8 Å². The standard InChI is InChI=1S/C9H10N4OS/c10-8(14)1-3-13-6-7(5-12-13)9-11-2-4-15-9/h2,4-6H,1,3H2,(H2,10,14). The fourth-order valence-corrected chi connectivity index (χ4v) is 1.80. The Hall–Kier alpha value is -1.69. The minimum absolute atomic E-state index is 0.305. The molecule has 0 fully saturated rings. The maximum atomic E-state index is 10.6. The summed E-state index contributed by atoms with van der Waals surface area (Å²) in [6, 6.07) is 0. The lowest BCUT2D eigenvalue weighted by atomic mass is 10.4. The van der Waals surface area contributed by atoms with Crippen LogP contribution in [0.1, 0.15) is 6.42 Å². The van der Waals surface area contributed by atoms with Crippen LogP contribution in [-0.2, 0) is 11.3 Å². The largest absolute Gasteiger partial charge is 0.370 e. The van der Waals surface area contributed by atoms with E-state index < -0.39 is 0 Å². The van der Waals surface area contributed by atoms with Crippen LogP contribution in [0.2, 0.25) is 0 Å². The number of amides is 1. The summed E-state index contributed by atoms with van der Waals surface area (Å²) < 4.78 is 1.70. The molecule has 0 spiro atoms. The summed E-state index contributed by atoms with van der Waals surface area (Å²) in [5, 5.41) is 6.96. The average Bonchev–Trinajstić information content (AvgIpc) is 2.85. The summed E-state index contributed by atoms with van der Waals surface area (Å²) in [4.78, 5) is 14.7. The van der Waals surface area contributed by atoms with Gasteiger partial charge >= 0.3 is 0 Å². The smallest absolute Gasteiger partial charge is 0.219 e. The molecular weight excluding hydrogens is 212 g/mol. The normalized spacial score (nSPS) is 10.4. The number of carbonyl (C=O) groups excluding carboxylic acids is 1. The highest BCUT2D eigenvalue weighted by atomic mass is 32.1. The van der Waals surface area contributed by atoms with E-state index in [1.54, 1.807) is 28.4 Å². The van der Waals surface area contributed by atoms with Crippen LogP contribution in [0, 0.1) is 0 Å². The van der Waals surface area contributed by atoms with Gasteiger partial charge in [-0.2, -0.15) is 5.10 Å². The van der Waals surface area contributed by atoms with Crippen molar-refractivity contribution in [3.05, 3.63) is 24.0 Å². The predicted octanol–water partition coefficient (Wildman–Crippen LogP) is 0.882. The highest BCUT2D eigenvalue weighted by Crippen LogP contribution is 2.20. The van der Waals surface area contributed by atoms with Crippen molar-refractivity contribution < 1.29 is 4.79 Å². The summed E-state index contributed by atoms with van der Waals surface area (Å²) >= 11 is 1.56. The molecule has 0 aliphatic carbocycles. The number of carbonyl (C=O) groups is 1. The van der Waals surface area contributed by atoms with E-state index in [1.165, 1.54) is 0 Å². The number of hydrogen-bond acceptors (Lipinski definition) is 4. The molecule has 15 heavy (non-hydrogen) atoms.